The van der Waals surface area contributed by atoms with Gasteiger partial charge in [0.05, 0.1) is 0 Å². The molecule has 0 saturated carbocycles. The molecule has 0 aromatic rings. The number of rotatable bonds is 4. The van der Waals surface area contributed by atoms with Crippen molar-refractivity contribution in [3.8, 4) is 0 Å². The molecule has 2 aliphatic heterocycles. The number of hydrogen-bond acceptors (Lipinski definition) is 4. The third-order valence-corrected chi connectivity index (χ3v) is 4.45. The van der Waals surface area contributed by atoms with Crippen LogP contribution in [0.25, 0.3) is 0 Å². The third kappa shape index (κ3) is 3.21. The zero-order chi connectivity index (χ0) is 14.7. The first-order valence-corrected chi connectivity index (χ1v) is 7.14. The number of amides is 2. The normalized spacial score (nSPS) is 28.0. The molecule has 3 N–H and O–H groups in total. The van der Waals surface area contributed by atoms with E-state index in [9.17, 15) is 9.59 Å². The lowest BCUT2D eigenvalue weighted by Crippen LogP contribution is -2.50. The van der Waals surface area contributed by atoms with Crippen molar-refractivity contribution in [2.24, 2.45) is 0 Å². The molecule has 0 aromatic carbocycles. The minimum absolute atomic E-state index is 0.0286. The van der Waals surface area contributed by atoms with E-state index < -0.39 is 12.0 Å². The molecule has 0 aromatic heterocycles. The summed E-state index contributed by atoms with van der Waals surface area (Å²) in [5.41, 5.74) is 0. The van der Waals surface area contributed by atoms with E-state index >= 15 is 0 Å². The topological polar surface area (TPSA) is 93.1 Å². The Kier molecular flexibility index (Phi) is 4.82. The molecule has 7 nitrogen and oxygen atoms in total. The number of aliphatic carboxylic acids is 1. The van der Waals surface area contributed by atoms with Gasteiger partial charge in [0.2, 0.25) is 0 Å². The Morgan fingerprint density at radius 2 is 2.00 bits per heavy atom. The van der Waals surface area contributed by atoms with E-state index in [0.29, 0.717) is 25.2 Å². The smallest absolute Gasteiger partial charge is 0.326 e. The molecule has 2 rings (SSSR count). The second-order valence-corrected chi connectivity index (χ2v) is 5.64. The second-order valence-electron chi connectivity index (χ2n) is 5.64. The summed E-state index contributed by atoms with van der Waals surface area (Å²) < 4.78 is 0. The van der Waals surface area contributed by atoms with E-state index in [1.165, 1.54) is 6.42 Å². The van der Waals surface area contributed by atoms with Crippen LogP contribution in [0.1, 0.15) is 25.7 Å². The maximum absolute atomic E-state index is 12.2. The summed E-state index contributed by atoms with van der Waals surface area (Å²) in [7, 11) is 2.09. The highest BCUT2D eigenvalue weighted by atomic mass is 16.4. The highest BCUT2D eigenvalue weighted by Gasteiger charge is 2.36. The van der Waals surface area contributed by atoms with Gasteiger partial charge in [-0.1, -0.05) is 0 Å². The predicted molar refractivity (Wildman–Crippen MR) is 72.4 cm³/mol. The summed E-state index contributed by atoms with van der Waals surface area (Å²) >= 11 is 0. The summed E-state index contributed by atoms with van der Waals surface area (Å²) in [6.45, 7) is 1.04. The Morgan fingerprint density at radius 3 is 2.65 bits per heavy atom. The second kappa shape index (κ2) is 6.41. The van der Waals surface area contributed by atoms with E-state index in [2.05, 4.69) is 17.3 Å². The number of hydrogen-bond donors (Lipinski definition) is 3. The molecule has 0 aliphatic carbocycles. The summed E-state index contributed by atoms with van der Waals surface area (Å²) in [6.07, 6.45) is 3.22. The van der Waals surface area contributed by atoms with Crippen LogP contribution in [0, 0.1) is 0 Å². The lowest BCUT2D eigenvalue weighted by atomic mass is 10.1. The number of fused-ring (bicyclic) bond motifs is 2. The van der Waals surface area contributed by atoms with Crippen molar-refractivity contribution in [1.29, 1.82) is 0 Å². The Bertz CT molecular complexity index is 377. The van der Waals surface area contributed by atoms with Crippen molar-refractivity contribution in [2.75, 3.05) is 26.7 Å². The van der Waals surface area contributed by atoms with Crippen LogP contribution in [-0.4, -0.2) is 76.9 Å². The summed E-state index contributed by atoms with van der Waals surface area (Å²) in [5, 5.41) is 20.3. The lowest BCUT2D eigenvalue weighted by molar-refractivity contribution is -0.139. The van der Waals surface area contributed by atoms with Crippen molar-refractivity contribution in [2.45, 2.75) is 43.8 Å². The Hall–Kier alpha value is -1.34. The van der Waals surface area contributed by atoms with Crippen LogP contribution < -0.4 is 5.32 Å². The van der Waals surface area contributed by atoms with Crippen LogP contribution in [0.3, 0.4) is 0 Å². The van der Waals surface area contributed by atoms with Gasteiger partial charge in [0.1, 0.15) is 6.04 Å². The monoisotopic (exact) mass is 285 g/mol. The molecule has 2 aliphatic rings. The Morgan fingerprint density at radius 1 is 1.30 bits per heavy atom. The van der Waals surface area contributed by atoms with Crippen LogP contribution in [0.2, 0.25) is 0 Å². The number of nitrogens with zero attached hydrogens (tertiary/aromatic N) is 2. The first-order valence-electron chi connectivity index (χ1n) is 7.14. The maximum atomic E-state index is 12.2. The number of urea groups is 1. The average molecular weight is 285 g/mol. The van der Waals surface area contributed by atoms with Crippen molar-refractivity contribution < 1.29 is 19.8 Å². The fourth-order valence-corrected chi connectivity index (χ4v) is 3.12. The molecular formula is C13H23N3O4. The summed E-state index contributed by atoms with van der Waals surface area (Å²) in [4.78, 5) is 27.2. The Balaban J connectivity index is 1.93. The van der Waals surface area contributed by atoms with Crippen LogP contribution in [0.5, 0.6) is 0 Å². The molecule has 3 unspecified atom stereocenters. The highest BCUT2D eigenvalue weighted by Crippen LogP contribution is 2.28. The SMILES string of the molecule is CN1C2CCC1CN(C(=O)NC(CCO)C(=O)O)CC2. The lowest BCUT2D eigenvalue weighted by Gasteiger charge is -2.27. The number of carbonyl (C=O) groups is 2. The molecule has 3 atom stereocenters. The first kappa shape index (κ1) is 15.1. The van der Waals surface area contributed by atoms with Crippen LogP contribution in [0.15, 0.2) is 0 Å². The maximum Gasteiger partial charge on any atom is 0.326 e. The molecule has 7 heteroatoms. The highest BCUT2D eigenvalue weighted by molar-refractivity contribution is 5.82. The van der Waals surface area contributed by atoms with Crippen molar-refractivity contribution in [3.63, 3.8) is 0 Å². The van der Waals surface area contributed by atoms with Crippen LogP contribution in [-0.2, 0) is 4.79 Å². The van der Waals surface area contributed by atoms with Gasteiger partial charge in [-0.2, -0.15) is 0 Å². The fourth-order valence-electron chi connectivity index (χ4n) is 3.12. The number of carboxylic acids is 1. The number of carbonyl (C=O) groups excluding carboxylic acids is 1. The molecular weight excluding hydrogens is 262 g/mol. The van der Waals surface area contributed by atoms with E-state index in [1.54, 1.807) is 4.90 Å². The first-order chi connectivity index (χ1) is 9.52. The van der Waals surface area contributed by atoms with E-state index in [-0.39, 0.29) is 19.1 Å². The fraction of sp³-hybridized carbons (Fsp3) is 0.846. The predicted octanol–water partition coefficient (Wildman–Crippen LogP) is -0.300. The molecule has 2 saturated heterocycles. The van der Waals surface area contributed by atoms with Gasteiger partial charge in [-0.05, 0) is 26.3 Å². The molecule has 0 radical (unpaired) electrons. The van der Waals surface area contributed by atoms with Gasteiger partial charge >= 0.3 is 12.0 Å². The molecule has 2 fully saturated rings. The molecule has 114 valence electrons. The Labute approximate surface area is 118 Å². The van der Waals surface area contributed by atoms with E-state index in [0.717, 1.165) is 12.8 Å². The van der Waals surface area contributed by atoms with Crippen LogP contribution >= 0.6 is 0 Å². The van der Waals surface area contributed by atoms with Gasteiger partial charge in [-0.15, -0.1) is 0 Å². The molecule has 0 spiro atoms. The standard InChI is InChI=1S/C13H23N3O4/c1-15-9-2-3-10(15)8-16(6-4-9)13(20)14-11(5-7-17)12(18)19/h9-11,17H,2-8H2,1H3,(H,14,20)(H,18,19). The number of aliphatic hydroxyl groups excluding tert-OH is 1. The summed E-state index contributed by atoms with van der Waals surface area (Å²) in [5.74, 6) is -1.11. The number of likely N-dealkylation sites (N-methyl/N-ethyl adjacent to an activating group) is 1. The number of nitrogens with one attached hydrogen (secondary N) is 1. The van der Waals surface area contributed by atoms with Crippen molar-refractivity contribution in [1.82, 2.24) is 15.1 Å². The third-order valence-electron chi connectivity index (χ3n) is 4.45. The number of carboxylic acid groups (broad SMARTS) is 1. The van der Waals surface area contributed by atoms with Gasteiger partial charge in [-0.3, -0.25) is 4.90 Å². The van der Waals surface area contributed by atoms with E-state index in [4.69, 9.17) is 10.2 Å². The molecule has 2 amide bonds. The van der Waals surface area contributed by atoms with E-state index in [1.807, 2.05) is 0 Å². The minimum atomic E-state index is -1.11. The summed E-state index contributed by atoms with van der Waals surface area (Å²) in [6, 6.07) is -0.461. The quantitative estimate of drug-likeness (QED) is 0.659. The molecule has 2 bridgehead atoms. The number of aliphatic hydroxyl groups is 1. The van der Waals surface area contributed by atoms with Gasteiger partial charge < -0.3 is 20.4 Å². The van der Waals surface area contributed by atoms with Crippen LogP contribution in [0.4, 0.5) is 4.79 Å². The van der Waals surface area contributed by atoms with Gasteiger partial charge in [0, 0.05) is 38.2 Å². The number of likely N-dealkylation sites (tertiary alicyclic amines) is 1. The van der Waals surface area contributed by atoms with Gasteiger partial charge in [0.25, 0.3) is 0 Å². The molecule has 20 heavy (non-hydrogen) atoms. The van der Waals surface area contributed by atoms with Crippen molar-refractivity contribution >= 4 is 12.0 Å². The zero-order valence-corrected chi connectivity index (χ0v) is 11.8. The molecule has 2 heterocycles. The van der Waals surface area contributed by atoms with Gasteiger partial charge in [-0.25, -0.2) is 9.59 Å². The van der Waals surface area contributed by atoms with Gasteiger partial charge in [0.15, 0.2) is 0 Å². The largest absolute Gasteiger partial charge is 0.480 e. The zero-order valence-electron chi connectivity index (χ0n) is 11.8. The average Bonchev–Trinajstić information content (AvgIpc) is 2.62. The minimum Gasteiger partial charge on any atom is -0.480 e. The van der Waals surface area contributed by atoms with Crippen molar-refractivity contribution in [3.05, 3.63) is 0 Å².